The Labute approximate surface area is 139 Å². The summed E-state index contributed by atoms with van der Waals surface area (Å²) in [6.07, 6.45) is 0. The van der Waals surface area contributed by atoms with Crippen molar-refractivity contribution in [3.63, 3.8) is 0 Å². The van der Waals surface area contributed by atoms with E-state index in [9.17, 15) is 9.90 Å². The van der Waals surface area contributed by atoms with Crippen molar-refractivity contribution in [3.05, 3.63) is 44.8 Å². The summed E-state index contributed by atoms with van der Waals surface area (Å²) in [5.74, 6) is 1.38. The molecular weight excluding hydrogens is 404 g/mol. The molecule has 0 saturated carbocycles. The summed E-state index contributed by atoms with van der Waals surface area (Å²) in [6.45, 7) is 3.17. The largest absolute Gasteiger partial charge is 0.508 e. The normalized spacial score (nSPS) is 10.3. The van der Waals surface area contributed by atoms with Gasteiger partial charge in [-0.2, -0.15) is 0 Å². The van der Waals surface area contributed by atoms with E-state index in [1.807, 2.05) is 6.92 Å². The molecule has 0 bridgehead atoms. The molecule has 0 aliphatic rings. The zero-order chi connectivity index (χ0) is 15.6. The number of benzene rings is 2. The lowest BCUT2D eigenvalue weighted by Crippen LogP contribution is -2.03. The van der Waals surface area contributed by atoms with Gasteiger partial charge < -0.3 is 14.6 Å². The van der Waals surface area contributed by atoms with Crippen LogP contribution < -0.4 is 9.47 Å². The van der Waals surface area contributed by atoms with Gasteiger partial charge in [0.1, 0.15) is 17.2 Å². The summed E-state index contributed by atoms with van der Waals surface area (Å²) in [5, 5.41) is 9.27. The minimum absolute atomic E-state index is 0.168. The van der Waals surface area contributed by atoms with Crippen LogP contribution in [-0.2, 0) is 4.79 Å². The number of ether oxygens (including phenoxy) is 2. The molecule has 21 heavy (non-hydrogen) atoms. The number of rotatable bonds is 3. The van der Waals surface area contributed by atoms with Gasteiger partial charge in [-0.05, 0) is 69.1 Å². The molecule has 2 aromatic carbocycles. The Balaban J connectivity index is 2.38. The van der Waals surface area contributed by atoms with Crippen LogP contribution in [-0.4, -0.2) is 11.1 Å². The van der Waals surface area contributed by atoms with Crippen molar-refractivity contribution in [1.82, 2.24) is 0 Å². The van der Waals surface area contributed by atoms with E-state index in [0.717, 1.165) is 5.56 Å². The Kier molecular flexibility index (Phi) is 4.90. The standard InChI is InChI=1S/C15H12Br2O4/c1-8-13(20-9(2)18)7-12(16)15(14(8)17)21-11-5-3-10(19)4-6-11/h3-7,19H,1-2H3. The second-order valence-corrected chi connectivity index (χ2v) is 5.96. The monoisotopic (exact) mass is 414 g/mol. The number of phenols is 1. The predicted octanol–water partition coefficient (Wildman–Crippen LogP) is 4.94. The number of hydrogen-bond donors (Lipinski definition) is 1. The molecule has 0 amide bonds. The zero-order valence-electron chi connectivity index (χ0n) is 11.3. The maximum absolute atomic E-state index is 11.1. The second-order valence-electron chi connectivity index (χ2n) is 4.31. The molecule has 2 rings (SSSR count). The number of carbonyl (C=O) groups excluding carboxylic acids is 1. The molecule has 2 aromatic rings. The summed E-state index contributed by atoms with van der Waals surface area (Å²) < 4.78 is 12.3. The number of hydrogen-bond acceptors (Lipinski definition) is 4. The first-order valence-corrected chi connectivity index (χ1v) is 7.61. The van der Waals surface area contributed by atoms with Gasteiger partial charge in [-0.15, -0.1) is 0 Å². The van der Waals surface area contributed by atoms with Crippen LogP contribution in [0.2, 0.25) is 0 Å². The summed E-state index contributed by atoms with van der Waals surface area (Å²) in [4.78, 5) is 11.1. The molecule has 0 atom stereocenters. The quantitative estimate of drug-likeness (QED) is 0.569. The lowest BCUT2D eigenvalue weighted by Gasteiger charge is -2.14. The van der Waals surface area contributed by atoms with Crippen LogP contribution in [0.1, 0.15) is 12.5 Å². The third-order valence-corrected chi connectivity index (χ3v) is 4.23. The van der Waals surface area contributed by atoms with Crippen molar-refractivity contribution >= 4 is 37.8 Å². The van der Waals surface area contributed by atoms with E-state index in [1.165, 1.54) is 19.1 Å². The van der Waals surface area contributed by atoms with E-state index in [4.69, 9.17) is 9.47 Å². The summed E-state index contributed by atoms with van der Waals surface area (Å²) >= 11 is 6.85. The lowest BCUT2D eigenvalue weighted by molar-refractivity contribution is -0.131. The van der Waals surface area contributed by atoms with Crippen LogP contribution in [0, 0.1) is 6.92 Å². The smallest absolute Gasteiger partial charge is 0.308 e. The zero-order valence-corrected chi connectivity index (χ0v) is 14.5. The Morgan fingerprint density at radius 1 is 1.19 bits per heavy atom. The highest BCUT2D eigenvalue weighted by atomic mass is 79.9. The van der Waals surface area contributed by atoms with E-state index in [2.05, 4.69) is 31.9 Å². The fourth-order valence-corrected chi connectivity index (χ4v) is 2.90. The molecule has 0 heterocycles. The Hall–Kier alpha value is -1.53. The maximum Gasteiger partial charge on any atom is 0.308 e. The molecule has 4 nitrogen and oxygen atoms in total. The van der Waals surface area contributed by atoms with Gasteiger partial charge in [0.15, 0.2) is 5.75 Å². The van der Waals surface area contributed by atoms with Crippen molar-refractivity contribution in [1.29, 1.82) is 0 Å². The molecule has 0 aliphatic carbocycles. The second kappa shape index (κ2) is 6.49. The highest BCUT2D eigenvalue weighted by Crippen LogP contribution is 2.43. The van der Waals surface area contributed by atoms with Gasteiger partial charge in [-0.3, -0.25) is 4.79 Å². The molecule has 0 unspecified atom stereocenters. The van der Waals surface area contributed by atoms with E-state index < -0.39 is 0 Å². The van der Waals surface area contributed by atoms with Crippen LogP contribution in [0.5, 0.6) is 23.0 Å². The Morgan fingerprint density at radius 2 is 1.81 bits per heavy atom. The first kappa shape index (κ1) is 15.9. The van der Waals surface area contributed by atoms with Crippen molar-refractivity contribution in [2.45, 2.75) is 13.8 Å². The van der Waals surface area contributed by atoms with Crippen LogP contribution in [0.3, 0.4) is 0 Å². The van der Waals surface area contributed by atoms with E-state index in [0.29, 0.717) is 26.2 Å². The average Bonchev–Trinajstić information content (AvgIpc) is 2.42. The maximum atomic E-state index is 11.1. The summed E-state index contributed by atoms with van der Waals surface area (Å²) in [7, 11) is 0. The molecule has 0 aromatic heterocycles. The van der Waals surface area contributed by atoms with Gasteiger partial charge in [0, 0.05) is 12.5 Å². The van der Waals surface area contributed by atoms with Crippen molar-refractivity contribution in [3.8, 4) is 23.0 Å². The Bertz CT molecular complexity index is 681. The molecule has 0 radical (unpaired) electrons. The minimum atomic E-state index is -0.385. The third kappa shape index (κ3) is 3.77. The van der Waals surface area contributed by atoms with Gasteiger partial charge in [-0.25, -0.2) is 0 Å². The molecule has 6 heteroatoms. The lowest BCUT2D eigenvalue weighted by atomic mass is 10.2. The topological polar surface area (TPSA) is 55.8 Å². The summed E-state index contributed by atoms with van der Waals surface area (Å²) in [5.41, 5.74) is 0.752. The van der Waals surface area contributed by atoms with E-state index >= 15 is 0 Å². The summed E-state index contributed by atoms with van der Waals surface area (Å²) in [6, 6.07) is 8.07. The van der Waals surface area contributed by atoms with Gasteiger partial charge in [0.25, 0.3) is 0 Å². The molecule has 1 N–H and O–H groups in total. The molecule has 110 valence electrons. The fourth-order valence-electron chi connectivity index (χ4n) is 1.66. The van der Waals surface area contributed by atoms with Crippen molar-refractivity contribution in [2.75, 3.05) is 0 Å². The molecule has 0 saturated heterocycles. The Morgan fingerprint density at radius 3 is 2.38 bits per heavy atom. The number of esters is 1. The number of carbonyl (C=O) groups is 1. The van der Waals surface area contributed by atoms with Crippen molar-refractivity contribution in [2.24, 2.45) is 0 Å². The average molecular weight is 416 g/mol. The predicted molar refractivity (Wildman–Crippen MR) is 86.1 cm³/mol. The molecule has 0 fully saturated rings. The first-order valence-electron chi connectivity index (χ1n) is 6.02. The third-order valence-electron chi connectivity index (χ3n) is 2.68. The van der Waals surface area contributed by atoms with E-state index in [1.54, 1.807) is 18.2 Å². The van der Waals surface area contributed by atoms with E-state index in [-0.39, 0.29) is 11.7 Å². The van der Waals surface area contributed by atoms with Crippen molar-refractivity contribution < 1.29 is 19.4 Å². The number of halogens is 2. The van der Waals surface area contributed by atoms with Gasteiger partial charge >= 0.3 is 5.97 Å². The molecule has 0 aliphatic heterocycles. The van der Waals surface area contributed by atoms with Gasteiger partial charge in [0.2, 0.25) is 0 Å². The highest BCUT2D eigenvalue weighted by Gasteiger charge is 2.16. The fraction of sp³-hybridized carbons (Fsp3) is 0.133. The first-order chi connectivity index (χ1) is 9.88. The van der Waals surface area contributed by atoms with Crippen LogP contribution in [0.25, 0.3) is 0 Å². The highest BCUT2D eigenvalue weighted by molar-refractivity contribution is 9.11. The van der Waals surface area contributed by atoms with Crippen LogP contribution in [0.15, 0.2) is 39.3 Å². The van der Waals surface area contributed by atoms with Crippen LogP contribution >= 0.6 is 31.9 Å². The van der Waals surface area contributed by atoms with Gasteiger partial charge in [-0.1, -0.05) is 0 Å². The number of phenolic OH excluding ortho intramolecular Hbond substituents is 1. The minimum Gasteiger partial charge on any atom is -0.508 e. The van der Waals surface area contributed by atoms with Crippen LogP contribution in [0.4, 0.5) is 0 Å². The number of aromatic hydroxyl groups is 1. The SMILES string of the molecule is CC(=O)Oc1cc(Br)c(Oc2ccc(O)cc2)c(Br)c1C. The molecular formula is C15H12Br2O4. The van der Waals surface area contributed by atoms with Gasteiger partial charge in [0.05, 0.1) is 8.95 Å². The molecule has 0 spiro atoms.